The van der Waals surface area contributed by atoms with Crippen molar-refractivity contribution in [3.8, 4) is 11.8 Å². The Balaban J connectivity index is 1.46. The molecule has 0 radical (unpaired) electrons. The molecular formula is C23H23N3O. The van der Waals surface area contributed by atoms with Gasteiger partial charge in [0, 0.05) is 31.1 Å². The molecule has 0 saturated carbocycles. The van der Waals surface area contributed by atoms with Crippen LogP contribution in [-0.4, -0.2) is 29.1 Å². The predicted molar refractivity (Wildman–Crippen MR) is 107 cm³/mol. The Kier molecular flexibility index (Phi) is 5.04. The fourth-order valence-electron chi connectivity index (χ4n) is 3.72. The summed E-state index contributed by atoms with van der Waals surface area (Å²) in [7, 11) is 0. The van der Waals surface area contributed by atoms with Crippen molar-refractivity contribution in [2.24, 2.45) is 0 Å². The molecule has 0 amide bonds. The van der Waals surface area contributed by atoms with Gasteiger partial charge in [-0.25, -0.2) is 4.98 Å². The molecule has 0 N–H and O–H groups in total. The Morgan fingerprint density at radius 2 is 1.89 bits per heavy atom. The molecule has 0 aliphatic carbocycles. The fraction of sp³-hybridized carbons (Fsp3) is 0.304. The van der Waals surface area contributed by atoms with Crippen molar-refractivity contribution in [3.63, 3.8) is 0 Å². The molecule has 136 valence electrons. The van der Waals surface area contributed by atoms with Gasteiger partial charge < -0.3 is 4.74 Å². The number of likely N-dealkylation sites (tertiary alicyclic amines) is 1. The van der Waals surface area contributed by atoms with Crippen molar-refractivity contribution in [2.45, 2.75) is 32.4 Å². The van der Waals surface area contributed by atoms with Gasteiger partial charge in [-0.15, -0.1) is 0 Å². The van der Waals surface area contributed by atoms with Crippen LogP contribution in [0, 0.1) is 18.3 Å². The first-order valence-corrected chi connectivity index (χ1v) is 9.46. The lowest BCUT2D eigenvalue weighted by molar-refractivity contribution is 0.0979. The highest BCUT2D eigenvalue weighted by atomic mass is 16.5. The van der Waals surface area contributed by atoms with E-state index in [4.69, 9.17) is 4.74 Å². The Hall–Kier alpha value is -2.90. The van der Waals surface area contributed by atoms with Crippen LogP contribution in [0.1, 0.15) is 29.7 Å². The van der Waals surface area contributed by atoms with Crippen LogP contribution in [0.3, 0.4) is 0 Å². The summed E-state index contributed by atoms with van der Waals surface area (Å²) in [5.74, 6) is 0.779. The number of ether oxygens (including phenoxy) is 1. The maximum Gasteiger partial charge on any atom is 0.144 e. The molecule has 27 heavy (non-hydrogen) atoms. The van der Waals surface area contributed by atoms with E-state index in [0.29, 0.717) is 5.69 Å². The number of aryl methyl sites for hydroxylation is 1. The van der Waals surface area contributed by atoms with Crippen LogP contribution < -0.4 is 4.74 Å². The number of rotatable bonds is 4. The summed E-state index contributed by atoms with van der Waals surface area (Å²) >= 11 is 0. The lowest BCUT2D eigenvalue weighted by Gasteiger charge is -2.32. The van der Waals surface area contributed by atoms with E-state index in [9.17, 15) is 5.26 Å². The highest BCUT2D eigenvalue weighted by molar-refractivity contribution is 5.88. The van der Waals surface area contributed by atoms with E-state index < -0.39 is 0 Å². The molecule has 0 atom stereocenters. The van der Waals surface area contributed by atoms with Crippen LogP contribution >= 0.6 is 0 Å². The van der Waals surface area contributed by atoms with Crippen molar-refractivity contribution >= 4 is 10.9 Å². The highest BCUT2D eigenvalue weighted by Gasteiger charge is 2.22. The van der Waals surface area contributed by atoms with Crippen molar-refractivity contribution in [1.29, 1.82) is 5.26 Å². The largest absolute Gasteiger partial charge is 0.490 e. The summed E-state index contributed by atoms with van der Waals surface area (Å²) in [4.78, 5) is 6.93. The summed E-state index contributed by atoms with van der Waals surface area (Å²) in [6.45, 7) is 5.05. The molecule has 2 aromatic carbocycles. The van der Waals surface area contributed by atoms with Gasteiger partial charge >= 0.3 is 0 Å². The van der Waals surface area contributed by atoms with Crippen LogP contribution in [0.25, 0.3) is 10.9 Å². The molecular weight excluding hydrogens is 334 g/mol. The number of piperidine rings is 1. The quantitative estimate of drug-likeness (QED) is 0.692. The first-order valence-electron chi connectivity index (χ1n) is 9.46. The van der Waals surface area contributed by atoms with Gasteiger partial charge in [0.05, 0.1) is 5.52 Å². The Morgan fingerprint density at radius 1 is 1.11 bits per heavy atom. The van der Waals surface area contributed by atoms with Crippen molar-refractivity contribution in [1.82, 2.24) is 9.88 Å². The van der Waals surface area contributed by atoms with Crippen LogP contribution in [0.4, 0.5) is 0 Å². The van der Waals surface area contributed by atoms with Crippen LogP contribution in [-0.2, 0) is 6.54 Å². The number of nitriles is 1. The van der Waals surface area contributed by atoms with Crippen molar-refractivity contribution < 1.29 is 4.74 Å². The molecule has 1 aliphatic rings. The lowest BCUT2D eigenvalue weighted by atomic mass is 10.1. The molecule has 3 aromatic rings. The normalized spacial score (nSPS) is 15.6. The standard InChI is InChI=1S/C23H23N3O/c1-17-6-5-9-21-22(14-19(15-24)25-23(17)21)27-20-10-12-26(13-11-20)16-18-7-3-2-4-8-18/h2-9,14,20H,10-13,16H2,1H3. The molecule has 0 bridgehead atoms. The number of para-hydroxylation sites is 1. The maximum absolute atomic E-state index is 9.32. The van der Waals surface area contributed by atoms with Gasteiger partial charge in [-0.1, -0.05) is 42.5 Å². The second-order valence-electron chi connectivity index (χ2n) is 7.17. The number of fused-ring (bicyclic) bond motifs is 1. The Bertz CT molecular complexity index is 970. The molecule has 1 saturated heterocycles. The Labute approximate surface area is 160 Å². The van der Waals surface area contributed by atoms with E-state index >= 15 is 0 Å². The number of nitrogens with zero attached hydrogens (tertiary/aromatic N) is 3. The summed E-state index contributed by atoms with van der Waals surface area (Å²) in [5.41, 5.74) is 3.68. The van der Waals surface area contributed by atoms with Gasteiger partial charge in [-0.05, 0) is 37.0 Å². The third kappa shape index (κ3) is 3.94. The van der Waals surface area contributed by atoms with E-state index in [-0.39, 0.29) is 6.10 Å². The first-order chi connectivity index (χ1) is 13.2. The monoisotopic (exact) mass is 357 g/mol. The second kappa shape index (κ2) is 7.77. The maximum atomic E-state index is 9.32. The average molecular weight is 357 g/mol. The number of aromatic nitrogens is 1. The van der Waals surface area contributed by atoms with E-state index in [1.165, 1.54) is 5.56 Å². The summed E-state index contributed by atoms with van der Waals surface area (Å²) in [6.07, 6.45) is 2.16. The molecule has 1 aromatic heterocycles. The van der Waals surface area contributed by atoms with Crippen molar-refractivity contribution in [3.05, 3.63) is 71.4 Å². The minimum Gasteiger partial charge on any atom is -0.490 e. The molecule has 4 heteroatoms. The molecule has 1 aliphatic heterocycles. The van der Waals surface area contributed by atoms with Gasteiger partial charge in [0.2, 0.25) is 0 Å². The predicted octanol–water partition coefficient (Wildman–Crippen LogP) is 4.46. The first kappa shape index (κ1) is 17.5. The van der Waals surface area contributed by atoms with Gasteiger partial charge in [0.25, 0.3) is 0 Å². The third-order valence-electron chi connectivity index (χ3n) is 5.20. The summed E-state index contributed by atoms with van der Waals surface area (Å²) in [5, 5.41) is 10.3. The van der Waals surface area contributed by atoms with E-state index in [0.717, 1.165) is 54.7 Å². The van der Waals surface area contributed by atoms with Crippen LogP contribution in [0.15, 0.2) is 54.6 Å². The van der Waals surface area contributed by atoms with E-state index in [2.05, 4.69) is 46.3 Å². The van der Waals surface area contributed by atoms with Gasteiger partial charge in [0.1, 0.15) is 23.6 Å². The van der Waals surface area contributed by atoms with Gasteiger partial charge in [0.15, 0.2) is 0 Å². The van der Waals surface area contributed by atoms with Gasteiger partial charge in [-0.3, -0.25) is 4.90 Å². The Morgan fingerprint density at radius 3 is 2.63 bits per heavy atom. The minimum atomic E-state index is 0.176. The van der Waals surface area contributed by atoms with E-state index in [1.54, 1.807) is 6.07 Å². The zero-order chi connectivity index (χ0) is 18.6. The molecule has 0 spiro atoms. The summed E-state index contributed by atoms with van der Waals surface area (Å²) < 4.78 is 6.35. The summed E-state index contributed by atoms with van der Waals surface area (Å²) in [6, 6.07) is 20.6. The zero-order valence-electron chi connectivity index (χ0n) is 15.6. The van der Waals surface area contributed by atoms with Crippen LogP contribution in [0.5, 0.6) is 5.75 Å². The topological polar surface area (TPSA) is 49.1 Å². The lowest BCUT2D eigenvalue weighted by Crippen LogP contribution is -2.37. The molecule has 1 fully saturated rings. The number of pyridine rings is 1. The second-order valence-corrected chi connectivity index (χ2v) is 7.17. The highest BCUT2D eigenvalue weighted by Crippen LogP contribution is 2.30. The molecule has 2 heterocycles. The van der Waals surface area contributed by atoms with Gasteiger partial charge in [-0.2, -0.15) is 5.26 Å². The zero-order valence-corrected chi connectivity index (χ0v) is 15.6. The van der Waals surface area contributed by atoms with Crippen LogP contribution in [0.2, 0.25) is 0 Å². The molecule has 0 unspecified atom stereocenters. The average Bonchev–Trinajstić information content (AvgIpc) is 2.71. The molecule has 4 rings (SSSR count). The molecule has 4 nitrogen and oxygen atoms in total. The fourth-order valence-corrected chi connectivity index (χ4v) is 3.72. The van der Waals surface area contributed by atoms with E-state index in [1.807, 2.05) is 25.1 Å². The number of benzene rings is 2. The third-order valence-corrected chi connectivity index (χ3v) is 5.20. The SMILES string of the molecule is Cc1cccc2c(OC3CCN(Cc4ccccc4)CC3)cc(C#N)nc12. The number of hydrogen-bond donors (Lipinski definition) is 0. The smallest absolute Gasteiger partial charge is 0.144 e. The minimum absolute atomic E-state index is 0.176. The van der Waals surface area contributed by atoms with Crippen molar-refractivity contribution in [2.75, 3.05) is 13.1 Å². The number of hydrogen-bond acceptors (Lipinski definition) is 4.